The number of carbonyl (C=O) groups is 1. The summed E-state index contributed by atoms with van der Waals surface area (Å²) in [5, 5.41) is 9.12. The predicted octanol–water partition coefficient (Wildman–Crippen LogP) is 2.99. The summed E-state index contributed by atoms with van der Waals surface area (Å²) < 4.78 is 12.2. The smallest absolute Gasteiger partial charge is 0.335 e. The highest BCUT2D eigenvalue weighted by atomic mass is 32.2. The fraction of sp³-hybridized carbons (Fsp3) is 0.462. The van der Waals surface area contributed by atoms with Crippen LogP contribution in [0.3, 0.4) is 0 Å². The molecule has 0 amide bonds. The molecule has 1 atom stereocenters. The van der Waals surface area contributed by atoms with Crippen molar-refractivity contribution in [2.24, 2.45) is 0 Å². The van der Waals surface area contributed by atoms with Crippen LogP contribution in [0.4, 0.5) is 0 Å². The topological polar surface area (TPSA) is 54.4 Å². The molecule has 0 radical (unpaired) electrons. The van der Waals surface area contributed by atoms with E-state index in [1.54, 1.807) is 19.1 Å². The van der Waals surface area contributed by atoms with Crippen molar-refractivity contribution in [2.75, 3.05) is 0 Å². The van der Waals surface area contributed by atoms with Gasteiger partial charge in [-0.25, -0.2) is 4.79 Å². The molecule has 1 aromatic rings. The number of aryl methyl sites for hydroxylation is 1. The Balaban J connectivity index is 3.11. The SMILES string of the molecule is CCC(CC)S(=O)c1ccc(C)c(C(=O)O)c1. The van der Waals surface area contributed by atoms with Crippen molar-refractivity contribution >= 4 is 16.8 Å². The third-order valence-electron chi connectivity index (χ3n) is 2.89. The molecule has 0 aromatic heterocycles. The first-order valence-corrected chi connectivity index (χ1v) is 6.97. The summed E-state index contributed by atoms with van der Waals surface area (Å²) in [5.74, 6) is -0.967. The fourth-order valence-corrected chi connectivity index (χ4v) is 3.17. The summed E-state index contributed by atoms with van der Waals surface area (Å²) in [5.41, 5.74) is 0.935. The Morgan fingerprint density at radius 2 is 1.94 bits per heavy atom. The summed E-state index contributed by atoms with van der Waals surface area (Å²) in [6.45, 7) is 5.74. The molecule has 3 nitrogen and oxygen atoms in total. The van der Waals surface area contributed by atoms with Gasteiger partial charge in [-0.05, 0) is 37.5 Å². The van der Waals surface area contributed by atoms with E-state index in [2.05, 4.69) is 0 Å². The molecular formula is C13H18O3S. The lowest BCUT2D eigenvalue weighted by molar-refractivity contribution is 0.0696. The van der Waals surface area contributed by atoms with Crippen molar-refractivity contribution in [3.8, 4) is 0 Å². The van der Waals surface area contributed by atoms with Crippen molar-refractivity contribution in [3.63, 3.8) is 0 Å². The van der Waals surface area contributed by atoms with Crippen LogP contribution in [0.25, 0.3) is 0 Å². The molecule has 17 heavy (non-hydrogen) atoms. The van der Waals surface area contributed by atoms with E-state index < -0.39 is 16.8 Å². The molecule has 4 heteroatoms. The number of hydrogen-bond acceptors (Lipinski definition) is 2. The van der Waals surface area contributed by atoms with Crippen molar-refractivity contribution in [2.45, 2.75) is 43.8 Å². The lowest BCUT2D eigenvalue weighted by Crippen LogP contribution is -2.13. The fourth-order valence-electron chi connectivity index (χ4n) is 1.74. The van der Waals surface area contributed by atoms with Crippen LogP contribution in [0.1, 0.15) is 42.6 Å². The summed E-state index contributed by atoms with van der Waals surface area (Å²) in [4.78, 5) is 11.6. The number of carboxylic acid groups (broad SMARTS) is 1. The zero-order valence-corrected chi connectivity index (χ0v) is 11.2. The van der Waals surface area contributed by atoms with Crippen molar-refractivity contribution in [1.82, 2.24) is 0 Å². The third-order valence-corrected chi connectivity index (χ3v) is 4.88. The number of carboxylic acids is 1. The Hall–Kier alpha value is -1.16. The third kappa shape index (κ3) is 3.16. The van der Waals surface area contributed by atoms with E-state index >= 15 is 0 Å². The van der Waals surface area contributed by atoms with E-state index in [0.29, 0.717) is 10.5 Å². The Bertz CT molecular complexity index is 436. The van der Waals surface area contributed by atoms with Crippen LogP contribution in [0.5, 0.6) is 0 Å². The normalized spacial score (nSPS) is 12.7. The highest BCUT2D eigenvalue weighted by molar-refractivity contribution is 7.85. The Kier molecular flexibility index (Phi) is 4.87. The van der Waals surface area contributed by atoms with Gasteiger partial charge in [-0.15, -0.1) is 0 Å². The van der Waals surface area contributed by atoms with E-state index in [9.17, 15) is 9.00 Å². The van der Waals surface area contributed by atoms with Crippen LogP contribution in [0, 0.1) is 6.92 Å². The van der Waals surface area contributed by atoms with E-state index in [4.69, 9.17) is 5.11 Å². The van der Waals surface area contributed by atoms with E-state index in [0.717, 1.165) is 12.8 Å². The highest BCUT2D eigenvalue weighted by Crippen LogP contribution is 2.19. The maximum atomic E-state index is 12.2. The molecule has 0 bridgehead atoms. The van der Waals surface area contributed by atoms with Gasteiger partial charge in [0.1, 0.15) is 0 Å². The lowest BCUT2D eigenvalue weighted by Gasteiger charge is -2.13. The summed E-state index contributed by atoms with van der Waals surface area (Å²) in [7, 11) is -1.12. The first-order valence-electron chi connectivity index (χ1n) is 5.75. The lowest BCUT2D eigenvalue weighted by atomic mass is 10.1. The average Bonchev–Trinajstić information content (AvgIpc) is 2.30. The largest absolute Gasteiger partial charge is 0.478 e. The van der Waals surface area contributed by atoms with Crippen LogP contribution < -0.4 is 0 Å². The first-order chi connectivity index (χ1) is 8.01. The van der Waals surface area contributed by atoms with Crippen LogP contribution >= 0.6 is 0 Å². The van der Waals surface area contributed by atoms with E-state index in [1.165, 1.54) is 6.07 Å². The molecule has 1 rings (SSSR count). The molecule has 0 aliphatic carbocycles. The minimum absolute atomic E-state index is 0.0966. The quantitative estimate of drug-likeness (QED) is 0.878. The van der Waals surface area contributed by atoms with Crippen molar-refractivity contribution in [3.05, 3.63) is 29.3 Å². The van der Waals surface area contributed by atoms with Gasteiger partial charge in [0.15, 0.2) is 0 Å². The second-order valence-corrected chi connectivity index (χ2v) is 5.75. The second kappa shape index (κ2) is 5.96. The van der Waals surface area contributed by atoms with Gasteiger partial charge in [-0.1, -0.05) is 19.9 Å². The molecular weight excluding hydrogens is 236 g/mol. The summed E-state index contributed by atoms with van der Waals surface area (Å²) in [6.07, 6.45) is 1.67. The van der Waals surface area contributed by atoms with Crippen LogP contribution in [0.15, 0.2) is 23.1 Å². The maximum absolute atomic E-state index is 12.2. The number of aromatic carboxylic acids is 1. The molecule has 0 aliphatic rings. The van der Waals surface area contributed by atoms with Crippen molar-refractivity contribution < 1.29 is 14.1 Å². The van der Waals surface area contributed by atoms with Crippen LogP contribution in [-0.4, -0.2) is 20.5 Å². The van der Waals surface area contributed by atoms with Gasteiger partial charge >= 0.3 is 5.97 Å². The second-order valence-electron chi connectivity index (χ2n) is 4.02. The first kappa shape index (κ1) is 13.9. The molecule has 1 unspecified atom stereocenters. The van der Waals surface area contributed by atoms with E-state index in [1.807, 2.05) is 13.8 Å². The maximum Gasteiger partial charge on any atom is 0.335 e. The average molecular weight is 254 g/mol. The molecule has 94 valence electrons. The van der Waals surface area contributed by atoms with Gasteiger partial charge in [0, 0.05) is 10.1 Å². The van der Waals surface area contributed by atoms with Gasteiger partial charge in [0.25, 0.3) is 0 Å². The van der Waals surface area contributed by atoms with Gasteiger partial charge in [0.2, 0.25) is 0 Å². The summed E-state index contributed by atoms with van der Waals surface area (Å²) >= 11 is 0. The summed E-state index contributed by atoms with van der Waals surface area (Å²) in [6, 6.07) is 5.02. The molecule has 0 heterocycles. The number of benzene rings is 1. The molecule has 0 spiro atoms. The monoisotopic (exact) mass is 254 g/mol. The van der Waals surface area contributed by atoms with E-state index in [-0.39, 0.29) is 10.8 Å². The Morgan fingerprint density at radius 1 is 1.35 bits per heavy atom. The Labute approximate surface area is 104 Å². The minimum Gasteiger partial charge on any atom is -0.478 e. The van der Waals surface area contributed by atoms with Crippen LogP contribution in [-0.2, 0) is 10.8 Å². The predicted molar refractivity (Wildman–Crippen MR) is 68.9 cm³/mol. The molecule has 0 aliphatic heterocycles. The van der Waals surface area contributed by atoms with Gasteiger partial charge in [-0.2, -0.15) is 0 Å². The number of rotatable bonds is 5. The highest BCUT2D eigenvalue weighted by Gasteiger charge is 2.17. The molecule has 0 saturated carbocycles. The zero-order valence-electron chi connectivity index (χ0n) is 10.4. The molecule has 0 saturated heterocycles. The Morgan fingerprint density at radius 3 is 2.41 bits per heavy atom. The van der Waals surface area contributed by atoms with Gasteiger partial charge < -0.3 is 5.11 Å². The van der Waals surface area contributed by atoms with Gasteiger partial charge in [-0.3, -0.25) is 4.21 Å². The zero-order chi connectivity index (χ0) is 13.0. The molecule has 1 N–H and O–H groups in total. The van der Waals surface area contributed by atoms with Crippen molar-refractivity contribution in [1.29, 1.82) is 0 Å². The van der Waals surface area contributed by atoms with Crippen LogP contribution in [0.2, 0.25) is 0 Å². The molecule has 1 aromatic carbocycles. The minimum atomic E-state index is -1.12. The number of hydrogen-bond donors (Lipinski definition) is 1. The molecule has 0 fully saturated rings. The van der Waals surface area contributed by atoms with Gasteiger partial charge in [0.05, 0.1) is 16.4 Å². The standard InChI is InChI=1S/C13H18O3S/c1-4-10(5-2)17(16)11-7-6-9(3)12(8-11)13(14)15/h6-8,10H,4-5H2,1-3H3,(H,14,15).